The zero-order chi connectivity index (χ0) is 20.2. The van der Waals surface area contributed by atoms with E-state index in [0.717, 1.165) is 11.0 Å². The summed E-state index contributed by atoms with van der Waals surface area (Å²) in [5, 5.41) is 13.5. The molecule has 1 aromatic heterocycles. The number of hydrogen-bond donors (Lipinski definition) is 2. The van der Waals surface area contributed by atoms with Gasteiger partial charge < -0.3 is 15.0 Å². The lowest BCUT2D eigenvalue weighted by molar-refractivity contribution is 0.0949. The number of nitrogens with zero attached hydrogens (tertiary/aromatic N) is 2. The first kappa shape index (κ1) is 18.8. The number of nitrogens with one attached hydrogen (secondary N) is 1. The van der Waals surface area contributed by atoms with Crippen molar-refractivity contribution in [2.75, 3.05) is 0 Å². The van der Waals surface area contributed by atoms with E-state index in [1.54, 1.807) is 24.3 Å². The summed E-state index contributed by atoms with van der Waals surface area (Å²) >= 11 is 0. The van der Waals surface area contributed by atoms with Crippen LogP contribution in [-0.4, -0.2) is 20.6 Å². The first-order valence-electron chi connectivity index (χ1n) is 9.33. The number of rotatable bonds is 6. The summed E-state index contributed by atoms with van der Waals surface area (Å²) in [5.41, 5.74) is 2.82. The maximum absolute atomic E-state index is 13.2. The minimum absolute atomic E-state index is 0.191. The van der Waals surface area contributed by atoms with E-state index < -0.39 is 6.10 Å². The average Bonchev–Trinajstić information content (AvgIpc) is 3.10. The molecule has 146 valence electrons. The number of fused-ring (bicyclic) bond motifs is 1. The van der Waals surface area contributed by atoms with Gasteiger partial charge in [-0.15, -0.1) is 0 Å². The van der Waals surface area contributed by atoms with Crippen molar-refractivity contribution in [3.8, 4) is 0 Å². The van der Waals surface area contributed by atoms with Gasteiger partial charge in [-0.25, -0.2) is 9.37 Å². The van der Waals surface area contributed by atoms with E-state index in [1.807, 2.05) is 47.0 Å². The van der Waals surface area contributed by atoms with Gasteiger partial charge in [0.1, 0.15) is 11.6 Å². The van der Waals surface area contributed by atoms with E-state index >= 15 is 0 Å². The highest BCUT2D eigenvalue weighted by Crippen LogP contribution is 2.22. The molecule has 2 N–H and O–H groups in total. The zero-order valence-corrected chi connectivity index (χ0v) is 15.6. The fourth-order valence-electron chi connectivity index (χ4n) is 3.28. The van der Waals surface area contributed by atoms with E-state index in [0.29, 0.717) is 17.0 Å². The molecule has 1 amide bonds. The summed E-state index contributed by atoms with van der Waals surface area (Å²) in [6.45, 7) is 0.460. The van der Waals surface area contributed by atoms with Crippen LogP contribution in [0.3, 0.4) is 0 Å². The molecule has 0 aliphatic rings. The molecule has 4 rings (SSSR count). The smallest absolute Gasteiger partial charge is 0.251 e. The number of imidazole rings is 1. The Morgan fingerprint density at radius 3 is 2.45 bits per heavy atom. The van der Waals surface area contributed by atoms with Crippen molar-refractivity contribution in [3.05, 3.63) is 102 Å². The second kappa shape index (κ2) is 8.24. The van der Waals surface area contributed by atoms with Gasteiger partial charge in [-0.1, -0.05) is 42.5 Å². The lowest BCUT2D eigenvalue weighted by Gasteiger charge is -2.15. The number of benzene rings is 3. The molecule has 0 aliphatic carbocycles. The number of halogens is 1. The van der Waals surface area contributed by atoms with Crippen LogP contribution in [0.2, 0.25) is 0 Å². The van der Waals surface area contributed by atoms with Gasteiger partial charge in [-0.05, 0) is 42.0 Å². The first-order chi connectivity index (χ1) is 14.1. The van der Waals surface area contributed by atoms with E-state index in [2.05, 4.69) is 10.3 Å². The van der Waals surface area contributed by atoms with E-state index in [-0.39, 0.29) is 24.8 Å². The Hall–Kier alpha value is -3.51. The van der Waals surface area contributed by atoms with Gasteiger partial charge in [-0.3, -0.25) is 4.79 Å². The number of aromatic nitrogens is 2. The van der Waals surface area contributed by atoms with E-state index in [4.69, 9.17) is 0 Å². The molecule has 5 nitrogen and oxygen atoms in total. The monoisotopic (exact) mass is 389 g/mol. The first-order valence-corrected chi connectivity index (χ1v) is 9.33. The number of carbonyl (C=O) groups excluding carboxylic acids is 1. The van der Waals surface area contributed by atoms with Crippen LogP contribution in [0.15, 0.2) is 78.9 Å². The Labute approximate surface area is 167 Å². The van der Waals surface area contributed by atoms with Crippen LogP contribution in [0.5, 0.6) is 0 Å². The van der Waals surface area contributed by atoms with Crippen molar-refractivity contribution < 1.29 is 14.3 Å². The van der Waals surface area contributed by atoms with Crippen LogP contribution in [0.25, 0.3) is 11.0 Å². The van der Waals surface area contributed by atoms with Crippen molar-refractivity contribution in [1.82, 2.24) is 14.9 Å². The molecule has 0 radical (unpaired) electrons. The fourth-order valence-corrected chi connectivity index (χ4v) is 3.28. The molecule has 0 aliphatic heterocycles. The summed E-state index contributed by atoms with van der Waals surface area (Å²) in [4.78, 5) is 17.0. The van der Waals surface area contributed by atoms with Crippen molar-refractivity contribution in [1.29, 1.82) is 0 Å². The van der Waals surface area contributed by atoms with Gasteiger partial charge in [0, 0.05) is 5.56 Å². The topological polar surface area (TPSA) is 67.2 Å². The number of para-hydroxylation sites is 2. The number of aliphatic hydroxyl groups excluding tert-OH is 1. The Bertz CT molecular complexity index is 1120. The van der Waals surface area contributed by atoms with Crippen molar-refractivity contribution in [2.24, 2.45) is 0 Å². The van der Waals surface area contributed by atoms with Gasteiger partial charge in [-0.2, -0.15) is 0 Å². The highest BCUT2D eigenvalue weighted by atomic mass is 19.1. The Balaban J connectivity index is 1.59. The Morgan fingerprint density at radius 1 is 1.00 bits per heavy atom. The van der Waals surface area contributed by atoms with Gasteiger partial charge in [0.15, 0.2) is 0 Å². The number of aliphatic hydroxyl groups is 1. The van der Waals surface area contributed by atoms with Crippen LogP contribution in [0, 0.1) is 5.82 Å². The Kier molecular flexibility index (Phi) is 5.35. The SMILES string of the molecule is O=C(NCc1nc2ccccc2n1C[C@@H](O)c1ccc(F)cc1)c1ccccc1. The summed E-state index contributed by atoms with van der Waals surface area (Å²) in [5.74, 6) is 0.0956. The lowest BCUT2D eigenvalue weighted by Crippen LogP contribution is -2.25. The molecule has 6 heteroatoms. The molecule has 3 aromatic carbocycles. The largest absolute Gasteiger partial charge is 0.387 e. The maximum Gasteiger partial charge on any atom is 0.251 e. The highest BCUT2D eigenvalue weighted by molar-refractivity contribution is 5.94. The number of hydrogen-bond acceptors (Lipinski definition) is 3. The van der Waals surface area contributed by atoms with Crippen molar-refractivity contribution in [2.45, 2.75) is 19.2 Å². The summed E-state index contributed by atoms with van der Waals surface area (Å²) in [6, 6.07) is 22.3. The standard InChI is InChI=1S/C23H20FN3O2/c24-18-12-10-16(11-13-18)21(28)15-27-20-9-5-4-8-19(20)26-22(27)14-25-23(29)17-6-2-1-3-7-17/h1-13,21,28H,14-15H2,(H,25,29)/t21-/m1/s1. The van der Waals surface area contributed by atoms with Crippen molar-refractivity contribution >= 4 is 16.9 Å². The molecule has 4 aromatic rings. The maximum atomic E-state index is 13.2. The van der Waals surface area contributed by atoms with Crippen LogP contribution >= 0.6 is 0 Å². The summed E-state index contributed by atoms with van der Waals surface area (Å²) in [7, 11) is 0. The molecule has 0 spiro atoms. The van der Waals surface area contributed by atoms with Gasteiger partial charge in [0.25, 0.3) is 5.91 Å². The molecule has 1 atom stereocenters. The van der Waals surface area contributed by atoms with Gasteiger partial charge in [0.05, 0.1) is 30.2 Å². The molecule has 29 heavy (non-hydrogen) atoms. The van der Waals surface area contributed by atoms with E-state index in [9.17, 15) is 14.3 Å². The van der Waals surface area contributed by atoms with E-state index in [1.165, 1.54) is 12.1 Å². The van der Waals surface area contributed by atoms with Crippen LogP contribution < -0.4 is 5.32 Å². The molecule has 0 saturated carbocycles. The summed E-state index contributed by atoms with van der Waals surface area (Å²) < 4.78 is 15.1. The normalized spacial score (nSPS) is 12.1. The third-order valence-corrected chi connectivity index (χ3v) is 4.79. The number of amides is 1. The predicted octanol–water partition coefficient (Wildman–Crippen LogP) is 3.84. The highest BCUT2D eigenvalue weighted by Gasteiger charge is 2.16. The molecule has 0 unspecified atom stereocenters. The molecule has 0 saturated heterocycles. The van der Waals surface area contributed by atoms with Crippen LogP contribution in [0.4, 0.5) is 4.39 Å². The molecule has 0 bridgehead atoms. The zero-order valence-electron chi connectivity index (χ0n) is 15.6. The van der Waals surface area contributed by atoms with Crippen molar-refractivity contribution in [3.63, 3.8) is 0 Å². The summed E-state index contributed by atoms with van der Waals surface area (Å²) in [6.07, 6.45) is -0.836. The third-order valence-electron chi connectivity index (χ3n) is 4.79. The average molecular weight is 389 g/mol. The second-order valence-corrected chi connectivity index (χ2v) is 6.74. The molecule has 1 heterocycles. The fraction of sp³-hybridized carbons (Fsp3) is 0.130. The Morgan fingerprint density at radius 2 is 1.69 bits per heavy atom. The molecule has 0 fully saturated rings. The predicted molar refractivity (Wildman–Crippen MR) is 109 cm³/mol. The van der Waals surface area contributed by atoms with Gasteiger partial charge >= 0.3 is 0 Å². The van der Waals surface area contributed by atoms with Gasteiger partial charge in [0.2, 0.25) is 0 Å². The number of carbonyl (C=O) groups is 1. The second-order valence-electron chi connectivity index (χ2n) is 6.74. The molecular formula is C23H20FN3O2. The minimum Gasteiger partial charge on any atom is -0.387 e. The molecular weight excluding hydrogens is 369 g/mol. The minimum atomic E-state index is -0.836. The van der Waals surface area contributed by atoms with Crippen LogP contribution in [-0.2, 0) is 13.1 Å². The third kappa shape index (κ3) is 4.17. The quantitative estimate of drug-likeness (QED) is 0.527. The lowest BCUT2D eigenvalue weighted by atomic mass is 10.1. The van der Waals surface area contributed by atoms with Crippen LogP contribution in [0.1, 0.15) is 27.8 Å².